The lowest BCUT2D eigenvalue weighted by Gasteiger charge is -2.19. The minimum atomic E-state index is 0.301. The number of hydrogen-bond donors (Lipinski definition) is 1. The fourth-order valence-electron chi connectivity index (χ4n) is 5.89. The standard InChI is InChI=1S/C32H27N5OS/c1-15(2)24-11-22-20-8-6-18-10-26(39-31(18)30(20)38-13-25(22)35-24)17-5-7-19-21(9-17)23-12-33-14-34-27(23)29-28(19)36-32(37-29)16(3)4/h5-10,12,14-16H,11,13H2,1-4H3,(H,36,37). The van der Waals surface area contributed by atoms with E-state index < -0.39 is 0 Å². The molecule has 7 heteroatoms. The van der Waals surface area contributed by atoms with Crippen LogP contribution < -0.4 is 4.74 Å². The van der Waals surface area contributed by atoms with Gasteiger partial charge in [-0.1, -0.05) is 52.0 Å². The number of nitrogens with one attached hydrogen (secondary N) is 1. The number of hydrogen-bond acceptors (Lipinski definition) is 6. The number of ether oxygens (including phenoxy) is 1. The summed E-state index contributed by atoms with van der Waals surface area (Å²) in [5.41, 5.74) is 8.90. The highest BCUT2D eigenvalue weighted by Crippen LogP contribution is 2.48. The molecule has 3 aromatic carbocycles. The third-order valence-corrected chi connectivity index (χ3v) is 9.24. The number of benzene rings is 3. The summed E-state index contributed by atoms with van der Waals surface area (Å²) < 4.78 is 7.54. The van der Waals surface area contributed by atoms with Crippen molar-refractivity contribution in [3.05, 3.63) is 66.0 Å². The zero-order valence-corrected chi connectivity index (χ0v) is 23.1. The third kappa shape index (κ3) is 3.32. The zero-order chi connectivity index (χ0) is 26.4. The van der Waals surface area contributed by atoms with Crippen molar-refractivity contribution in [3.8, 4) is 16.2 Å². The van der Waals surface area contributed by atoms with Gasteiger partial charge in [0.05, 0.1) is 26.9 Å². The first kappa shape index (κ1) is 22.8. The van der Waals surface area contributed by atoms with Crippen LogP contribution in [0.1, 0.15) is 51.4 Å². The molecular formula is C32H27N5OS. The van der Waals surface area contributed by atoms with Gasteiger partial charge < -0.3 is 9.72 Å². The van der Waals surface area contributed by atoms with Crippen LogP contribution in [-0.4, -0.2) is 32.3 Å². The van der Waals surface area contributed by atoms with Crippen molar-refractivity contribution in [1.29, 1.82) is 0 Å². The van der Waals surface area contributed by atoms with Crippen LogP contribution in [0.2, 0.25) is 0 Å². The molecule has 0 unspecified atom stereocenters. The maximum Gasteiger partial charge on any atom is 0.145 e. The quantitative estimate of drug-likeness (QED) is 0.234. The van der Waals surface area contributed by atoms with Crippen LogP contribution in [-0.2, 0) is 0 Å². The second-order valence-electron chi connectivity index (χ2n) is 11.2. The average molecular weight is 530 g/mol. The molecule has 0 fully saturated rings. The van der Waals surface area contributed by atoms with Gasteiger partial charge in [0, 0.05) is 45.5 Å². The van der Waals surface area contributed by atoms with E-state index in [0.29, 0.717) is 18.4 Å². The second-order valence-corrected chi connectivity index (χ2v) is 12.2. The molecule has 1 N–H and O–H groups in total. The molecule has 0 saturated carbocycles. The number of fused-ring (bicyclic) bond motifs is 10. The Morgan fingerprint density at radius 2 is 1.85 bits per heavy atom. The van der Waals surface area contributed by atoms with E-state index in [2.05, 4.69) is 79.0 Å². The molecule has 0 saturated heterocycles. The van der Waals surface area contributed by atoms with E-state index in [1.54, 1.807) is 17.7 Å². The molecule has 0 amide bonds. The molecule has 39 heavy (non-hydrogen) atoms. The van der Waals surface area contributed by atoms with Crippen LogP contribution in [0.3, 0.4) is 0 Å². The zero-order valence-electron chi connectivity index (χ0n) is 22.3. The van der Waals surface area contributed by atoms with Crippen molar-refractivity contribution in [2.75, 3.05) is 6.61 Å². The summed E-state index contributed by atoms with van der Waals surface area (Å²) in [5, 5.41) is 4.47. The van der Waals surface area contributed by atoms with Crippen molar-refractivity contribution >= 4 is 65.4 Å². The predicted molar refractivity (Wildman–Crippen MR) is 161 cm³/mol. The van der Waals surface area contributed by atoms with Gasteiger partial charge in [-0.2, -0.15) is 0 Å². The molecular weight excluding hydrogens is 502 g/mol. The van der Waals surface area contributed by atoms with E-state index in [1.165, 1.54) is 37.4 Å². The second kappa shape index (κ2) is 8.20. The lowest BCUT2D eigenvalue weighted by molar-refractivity contribution is 0.350. The van der Waals surface area contributed by atoms with Gasteiger partial charge in [-0.25, -0.2) is 15.0 Å². The molecule has 0 radical (unpaired) electrons. The average Bonchev–Trinajstić information content (AvgIpc) is 3.69. The number of nitrogens with zero attached hydrogens (tertiary/aromatic N) is 4. The molecule has 2 aliphatic rings. The summed E-state index contributed by atoms with van der Waals surface area (Å²) in [4.78, 5) is 23.6. The number of aliphatic imine (C=N–C) groups is 1. The Kier molecular flexibility index (Phi) is 4.80. The lowest BCUT2D eigenvalue weighted by Crippen LogP contribution is -2.08. The molecule has 8 rings (SSSR count). The molecule has 6 nitrogen and oxygen atoms in total. The van der Waals surface area contributed by atoms with Crippen LogP contribution in [0, 0.1) is 5.92 Å². The van der Waals surface area contributed by atoms with Crippen molar-refractivity contribution in [1.82, 2.24) is 19.9 Å². The Balaban J connectivity index is 1.29. The van der Waals surface area contributed by atoms with Gasteiger partial charge in [-0.15, -0.1) is 11.3 Å². The smallest absolute Gasteiger partial charge is 0.145 e. The third-order valence-electron chi connectivity index (χ3n) is 8.04. The molecule has 0 aliphatic carbocycles. The fourth-order valence-corrected chi connectivity index (χ4v) is 7.05. The summed E-state index contributed by atoms with van der Waals surface area (Å²) in [6, 6.07) is 13.4. The topological polar surface area (TPSA) is 76.0 Å². The van der Waals surface area contributed by atoms with Crippen molar-refractivity contribution in [3.63, 3.8) is 0 Å². The first-order chi connectivity index (χ1) is 19.0. The van der Waals surface area contributed by atoms with Gasteiger partial charge in [0.15, 0.2) is 0 Å². The number of thiophene rings is 1. The predicted octanol–water partition coefficient (Wildman–Crippen LogP) is 8.27. The molecule has 0 atom stereocenters. The summed E-state index contributed by atoms with van der Waals surface area (Å²) in [7, 11) is 0. The van der Waals surface area contributed by atoms with E-state index in [0.717, 1.165) is 56.4 Å². The first-order valence-corrected chi connectivity index (χ1v) is 14.3. The van der Waals surface area contributed by atoms with Crippen molar-refractivity contribution in [2.24, 2.45) is 10.9 Å². The summed E-state index contributed by atoms with van der Waals surface area (Å²) in [6.45, 7) is 9.28. The normalized spacial score (nSPS) is 15.2. The van der Waals surface area contributed by atoms with E-state index in [-0.39, 0.29) is 0 Å². The number of imidazole rings is 1. The fraction of sp³-hybridized carbons (Fsp3) is 0.250. The van der Waals surface area contributed by atoms with Crippen LogP contribution in [0.5, 0.6) is 5.75 Å². The van der Waals surface area contributed by atoms with Gasteiger partial charge in [-0.3, -0.25) is 4.99 Å². The van der Waals surface area contributed by atoms with E-state index in [9.17, 15) is 0 Å². The number of aromatic nitrogens is 4. The minimum Gasteiger partial charge on any atom is -0.485 e. The first-order valence-electron chi connectivity index (χ1n) is 13.5. The molecule has 3 aromatic heterocycles. The van der Waals surface area contributed by atoms with Crippen molar-refractivity contribution < 1.29 is 4.74 Å². The summed E-state index contributed by atoms with van der Waals surface area (Å²) >= 11 is 1.79. The van der Waals surface area contributed by atoms with Crippen LogP contribution in [0.4, 0.5) is 0 Å². The number of allylic oxidation sites excluding steroid dienone is 1. The Morgan fingerprint density at radius 3 is 2.69 bits per heavy atom. The van der Waals surface area contributed by atoms with Crippen LogP contribution in [0.25, 0.3) is 58.8 Å². The molecule has 2 aliphatic heterocycles. The summed E-state index contributed by atoms with van der Waals surface area (Å²) in [6.07, 6.45) is 4.45. The highest BCUT2D eigenvalue weighted by atomic mass is 32.1. The molecule has 0 spiro atoms. The molecule has 0 bridgehead atoms. The Labute approximate surface area is 229 Å². The number of aromatic amines is 1. The maximum absolute atomic E-state index is 6.34. The Hall–Kier alpha value is -4.10. The van der Waals surface area contributed by atoms with Gasteiger partial charge in [0.1, 0.15) is 24.5 Å². The molecule has 192 valence electrons. The summed E-state index contributed by atoms with van der Waals surface area (Å²) in [5.74, 6) is 2.73. The van der Waals surface area contributed by atoms with Gasteiger partial charge in [0.2, 0.25) is 0 Å². The number of H-pyrrole nitrogens is 1. The lowest BCUT2D eigenvalue weighted by atomic mass is 9.94. The molecule has 6 aromatic rings. The number of rotatable bonds is 3. The van der Waals surface area contributed by atoms with Crippen LogP contribution >= 0.6 is 11.3 Å². The van der Waals surface area contributed by atoms with Gasteiger partial charge in [0.25, 0.3) is 0 Å². The maximum atomic E-state index is 6.34. The largest absolute Gasteiger partial charge is 0.485 e. The Bertz CT molecular complexity index is 2060. The molecule has 5 heterocycles. The minimum absolute atomic E-state index is 0.301. The highest BCUT2D eigenvalue weighted by Gasteiger charge is 2.29. The van der Waals surface area contributed by atoms with E-state index >= 15 is 0 Å². The highest BCUT2D eigenvalue weighted by molar-refractivity contribution is 7.22. The van der Waals surface area contributed by atoms with E-state index in [4.69, 9.17) is 14.7 Å². The van der Waals surface area contributed by atoms with Crippen LogP contribution in [0.15, 0.2) is 59.6 Å². The van der Waals surface area contributed by atoms with Crippen molar-refractivity contribution in [2.45, 2.75) is 40.0 Å². The van der Waals surface area contributed by atoms with Gasteiger partial charge >= 0.3 is 0 Å². The van der Waals surface area contributed by atoms with E-state index in [1.807, 2.05) is 6.20 Å². The Morgan fingerprint density at radius 1 is 0.949 bits per heavy atom. The monoisotopic (exact) mass is 529 g/mol. The SMILES string of the molecule is CC(C)C1=NC2=C(C1)c1ccc3cc(-c4ccc5c(c4)c4cncnc4c4[nH]c(C(C)C)nc54)sc3c1OC2. The van der Waals surface area contributed by atoms with Gasteiger partial charge in [-0.05, 0) is 40.0 Å².